The van der Waals surface area contributed by atoms with Gasteiger partial charge in [-0.2, -0.15) is 5.10 Å². The second kappa shape index (κ2) is 6.56. The molecule has 4 nitrogen and oxygen atoms in total. The summed E-state index contributed by atoms with van der Waals surface area (Å²) in [6.45, 7) is 4.40. The van der Waals surface area contributed by atoms with Crippen LogP contribution in [0.15, 0.2) is 30.5 Å². The number of H-pyrrole nitrogens is 1. The average Bonchev–Trinajstić information content (AvgIpc) is 2.96. The van der Waals surface area contributed by atoms with Crippen molar-refractivity contribution in [2.45, 2.75) is 26.2 Å². The molecule has 0 saturated carbocycles. The van der Waals surface area contributed by atoms with Gasteiger partial charge in [0.15, 0.2) is 0 Å². The molecule has 0 aliphatic carbocycles. The fraction of sp³-hybridized carbons (Fsp3) is 0.400. The van der Waals surface area contributed by atoms with Gasteiger partial charge in [-0.1, -0.05) is 6.07 Å². The Labute approximate surface area is 147 Å². The number of hydrogen-bond donors (Lipinski definition) is 1. The molecular formula is C20H23FN4. The van der Waals surface area contributed by atoms with Gasteiger partial charge in [-0.15, -0.1) is 5.10 Å². The van der Waals surface area contributed by atoms with Crippen LogP contribution in [0.5, 0.6) is 0 Å². The van der Waals surface area contributed by atoms with Crippen molar-refractivity contribution in [1.82, 2.24) is 20.1 Å². The molecule has 1 atom stereocenters. The zero-order valence-electron chi connectivity index (χ0n) is 14.7. The maximum absolute atomic E-state index is 13.6. The number of rotatable bonds is 3. The van der Waals surface area contributed by atoms with Crippen LogP contribution < -0.4 is 0 Å². The van der Waals surface area contributed by atoms with Crippen LogP contribution in [0, 0.1) is 18.7 Å². The molecule has 0 radical (unpaired) electrons. The molecule has 0 amide bonds. The van der Waals surface area contributed by atoms with Gasteiger partial charge in [0.05, 0.1) is 11.4 Å². The third kappa shape index (κ3) is 3.29. The standard InChI is InChI=1S/C20H23FN4/c1-13-8-16(9-14-4-3-7-25(2)12-14)23-24-20(13)15-5-6-17-18(21)11-22-19(17)10-15/h5-6,8,10-11,14,22H,3-4,7,9,12H2,1-2H3/t14-/m0/s1. The molecular weight excluding hydrogens is 315 g/mol. The number of aromatic nitrogens is 3. The van der Waals surface area contributed by atoms with Gasteiger partial charge in [0.1, 0.15) is 5.82 Å². The van der Waals surface area contributed by atoms with Crippen LogP contribution in [0.3, 0.4) is 0 Å². The largest absolute Gasteiger partial charge is 0.359 e. The number of likely N-dealkylation sites (tertiary alicyclic amines) is 1. The molecule has 1 fully saturated rings. The summed E-state index contributed by atoms with van der Waals surface area (Å²) in [6.07, 6.45) is 4.90. The SMILES string of the molecule is Cc1cc(C[C@@H]2CCCN(C)C2)nnc1-c1ccc2c(F)c[nH]c2c1. The summed E-state index contributed by atoms with van der Waals surface area (Å²) < 4.78 is 13.6. The number of benzene rings is 1. The van der Waals surface area contributed by atoms with E-state index in [-0.39, 0.29) is 5.82 Å². The van der Waals surface area contributed by atoms with Crippen LogP contribution in [0.1, 0.15) is 24.1 Å². The topological polar surface area (TPSA) is 44.8 Å². The Morgan fingerprint density at radius 3 is 2.96 bits per heavy atom. The van der Waals surface area contributed by atoms with E-state index in [1.54, 1.807) is 6.07 Å². The van der Waals surface area contributed by atoms with E-state index in [0.29, 0.717) is 11.3 Å². The highest BCUT2D eigenvalue weighted by Crippen LogP contribution is 2.27. The Hall–Kier alpha value is -2.27. The molecule has 0 bridgehead atoms. The molecule has 5 heteroatoms. The van der Waals surface area contributed by atoms with Crippen molar-refractivity contribution in [1.29, 1.82) is 0 Å². The fourth-order valence-corrected chi connectivity index (χ4v) is 3.90. The first-order valence-electron chi connectivity index (χ1n) is 8.89. The number of nitrogens with one attached hydrogen (secondary N) is 1. The third-order valence-electron chi connectivity index (χ3n) is 5.16. The van der Waals surface area contributed by atoms with Crippen LogP contribution in [0.4, 0.5) is 4.39 Å². The minimum absolute atomic E-state index is 0.225. The Bertz CT molecular complexity index is 902. The van der Waals surface area contributed by atoms with Crippen molar-refractivity contribution in [2.75, 3.05) is 20.1 Å². The highest BCUT2D eigenvalue weighted by molar-refractivity contribution is 5.85. The van der Waals surface area contributed by atoms with E-state index in [1.165, 1.54) is 25.6 Å². The maximum atomic E-state index is 13.6. The lowest BCUT2D eigenvalue weighted by Gasteiger charge is -2.29. The van der Waals surface area contributed by atoms with Crippen LogP contribution in [-0.2, 0) is 6.42 Å². The van der Waals surface area contributed by atoms with Crippen molar-refractivity contribution in [3.8, 4) is 11.3 Å². The van der Waals surface area contributed by atoms with Gasteiger partial charge in [0, 0.05) is 29.2 Å². The molecule has 130 valence electrons. The first-order valence-corrected chi connectivity index (χ1v) is 8.89. The highest BCUT2D eigenvalue weighted by Gasteiger charge is 2.19. The van der Waals surface area contributed by atoms with Crippen LogP contribution in [0.2, 0.25) is 0 Å². The van der Waals surface area contributed by atoms with Gasteiger partial charge in [-0.05, 0) is 69.5 Å². The van der Waals surface area contributed by atoms with Gasteiger partial charge >= 0.3 is 0 Å². The zero-order valence-corrected chi connectivity index (χ0v) is 14.7. The third-order valence-corrected chi connectivity index (χ3v) is 5.16. The fourth-order valence-electron chi connectivity index (χ4n) is 3.90. The van der Waals surface area contributed by atoms with E-state index >= 15 is 0 Å². The molecule has 3 aromatic rings. The van der Waals surface area contributed by atoms with Gasteiger partial charge < -0.3 is 9.88 Å². The number of aryl methyl sites for hydroxylation is 1. The second-order valence-corrected chi connectivity index (χ2v) is 7.24. The van der Waals surface area contributed by atoms with E-state index in [1.807, 2.05) is 12.1 Å². The molecule has 4 rings (SSSR count). The zero-order chi connectivity index (χ0) is 17.4. The molecule has 25 heavy (non-hydrogen) atoms. The number of aromatic amines is 1. The molecule has 1 saturated heterocycles. The van der Waals surface area contributed by atoms with E-state index in [0.717, 1.165) is 41.0 Å². The van der Waals surface area contributed by atoms with E-state index in [9.17, 15) is 4.39 Å². The van der Waals surface area contributed by atoms with Crippen molar-refractivity contribution >= 4 is 10.9 Å². The average molecular weight is 338 g/mol. The first kappa shape index (κ1) is 16.2. The van der Waals surface area contributed by atoms with Crippen LogP contribution in [0.25, 0.3) is 22.2 Å². The quantitative estimate of drug-likeness (QED) is 0.786. The van der Waals surface area contributed by atoms with E-state index in [2.05, 4.69) is 40.1 Å². The Balaban J connectivity index is 1.58. The molecule has 0 unspecified atom stereocenters. The summed E-state index contributed by atoms with van der Waals surface area (Å²) in [5.74, 6) is 0.439. The number of nitrogens with zero attached hydrogens (tertiary/aromatic N) is 3. The Kier molecular flexibility index (Phi) is 4.25. The molecule has 2 aromatic heterocycles. The number of piperidine rings is 1. The number of halogens is 1. The Morgan fingerprint density at radius 2 is 2.16 bits per heavy atom. The van der Waals surface area contributed by atoms with E-state index < -0.39 is 0 Å². The molecule has 1 N–H and O–H groups in total. The highest BCUT2D eigenvalue weighted by atomic mass is 19.1. The monoisotopic (exact) mass is 338 g/mol. The van der Waals surface area contributed by atoms with Gasteiger partial charge in [0.2, 0.25) is 0 Å². The summed E-state index contributed by atoms with van der Waals surface area (Å²) in [4.78, 5) is 5.36. The van der Waals surface area contributed by atoms with Gasteiger partial charge in [-0.25, -0.2) is 4.39 Å². The summed E-state index contributed by atoms with van der Waals surface area (Å²) in [5.41, 5.74) is 4.78. The van der Waals surface area contributed by atoms with Crippen LogP contribution >= 0.6 is 0 Å². The summed E-state index contributed by atoms with van der Waals surface area (Å²) in [7, 11) is 2.19. The van der Waals surface area contributed by atoms with Crippen molar-refractivity contribution < 1.29 is 4.39 Å². The molecule has 1 aliphatic rings. The molecule has 3 heterocycles. The van der Waals surface area contributed by atoms with Gasteiger partial charge in [0.25, 0.3) is 0 Å². The van der Waals surface area contributed by atoms with Crippen LogP contribution in [-0.4, -0.2) is 40.2 Å². The lowest BCUT2D eigenvalue weighted by Crippen LogP contribution is -2.33. The number of hydrogen-bond acceptors (Lipinski definition) is 3. The molecule has 1 aliphatic heterocycles. The Morgan fingerprint density at radius 1 is 1.28 bits per heavy atom. The smallest absolute Gasteiger partial charge is 0.148 e. The van der Waals surface area contributed by atoms with Crippen molar-refractivity contribution in [3.63, 3.8) is 0 Å². The predicted octanol–water partition coefficient (Wildman–Crippen LogP) is 3.96. The first-order chi connectivity index (χ1) is 12.1. The summed E-state index contributed by atoms with van der Waals surface area (Å²) >= 11 is 0. The minimum atomic E-state index is -0.225. The predicted molar refractivity (Wildman–Crippen MR) is 97.9 cm³/mol. The van der Waals surface area contributed by atoms with Crippen molar-refractivity contribution in [3.05, 3.63) is 47.5 Å². The maximum Gasteiger partial charge on any atom is 0.148 e. The van der Waals surface area contributed by atoms with E-state index in [4.69, 9.17) is 0 Å². The summed E-state index contributed by atoms with van der Waals surface area (Å²) in [6, 6.07) is 7.79. The normalized spacial score (nSPS) is 18.8. The molecule has 1 aromatic carbocycles. The molecule has 0 spiro atoms. The van der Waals surface area contributed by atoms with Gasteiger partial charge in [-0.3, -0.25) is 0 Å². The number of fused-ring (bicyclic) bond motifs is 1. The summed E-state index contributed by atoms with van der Waals surface area (Å²) in [5, 5.41) is 9.55. The minimum Gasteiger partial charge on any atom is -0.359 e. The second-order valence-electron chi connectivity index (χ2n) is 7.24. The van der Waals surface area contributed by atoms with Crippen molar-refractivity contribution in [2.24, 2.45) is 5.92 Å². The lowest BCUT2D eigenvalue weighted by atomic mass is 9.93. The lowest BCUT2D eigenvalue weighted by molar-refractivity contribution is 0.208.